The molecule has 0 aliphatic heterocycles. The summed E-state index contributed by atoms with van der Waals surface area (Å²) in [6.07, 6.45) is 3.52. The maximum absolute atomic E-state index is 12.0. The number of hydrogen-bond donors (Lipinski definition) is 1. The average Bonchev–Trinajstić information content (AvgIpc) is 2.42. The summed E-state index contributed by atoms with van der Waals surface area (Å²) in [5, 5.41) is 0. The van der Waals surface area contributed by atoms with Crippen LogP contribution in [0.1, 0.15) is 12.0 Å². The van der Waals surface area contributed by atoms with Crippen molar-refractivity contribution in [2.45, 2.75) is 12.8 Å². The van der Waals surface area contributed by atoms with Gasteiger partial charge in [0.25, 0.3) is 0 Å². The first-order valence-electron chi connectivity index (χ1n) is 6.28. The van der Waals surface area contributed by atoms with Gasteiger partial charge in [0.1, 0.15) is 0 Å². The minimum atomic E-state index is 0. The molecule has 0 atom stereocenters. The van der Waals surface area contributed by atoms with Crippen LogP contribution in [0.5, 0.6) is 0 Å². The third-order valence-electron chi connectivity index (χ3n) is 2.78. The van der Waals surface area contributed by atoms with Crippen molar-refractivity contribution in [3.63, 3.8) is 0 Å². The van der Waals surface area contributed by atoms with Gasteiger partial charge < -0.3 is 10.6 Å². The molecule has 1 rings (SSSR count). The van der Waals surface area contributed by atoms with Crippen LogP contribution in [0.3, 0.4) is 0 Å². The fourth-order valence-corrected chi connectivity index (χ4v) is 2.15. The van der Waals surface area contributed by atoms with Crippen molar-refractivity contribution < 1.29 is 4.79 Å². The number of nitrogens with two attached hydrogens (primary N) is 1. The molecule has 0 fully saturated rings. The zero-order valence-electron chi connectivity index (χ0n) is 11.4. The SMILES string of the molecule is CSCCC(=O)N(CCN)CCc1ccccc1.Cl. The Morgan fingerprint density at radius 3 is 2.53 bits per heavy atom. The summed E-state index contributed by atoms with van der Waals surface area (Å²) in [6, 6.07) is 10.2. The Bertz CT molecular complexity index is 349. The molecule has 0 radical (unpaired) electrons. The van der Waals surface area contributed by atoms with Crippen molar-refractivity contribution in [1.82, 2.24) is 4.90 Å². The second kappa shape index (κ2) is 11.1. The Balaban J connectivity index is 0.00000324. The van der Waals surface area contributed by atoms with E-state index in [1.165, 1.54) is 5.56 Å². The maximum atomic E-state index is 12.0. The van der Waals surface area contributed by atoms with Crippen molar-refractivity contribution in [3.8, 4) is 0 Å². The van der Waals surface area contributed by atoms with E-state index in [0.29, 0.717) is 19.5 Å². The van der Waals surface area contributed by atoms with Crippen molar-refractivity contribution in [2.75, 3.05) is 31.6 Å². The lowest BCUT2D eigenvalue weighted by atomic mass is 10.1. The first-order valence-corrected chi connectivity index (χ1v) is 7.68. The van der Waals surface area contributed by atoms with Gasteiger partial charge in [0.05, 0.1) is 0 Å². The van der Waals surface area contributed by atoms with E-state index in [1.54, 1.807) is 11.8 Å². The zero-order chi connectivity index (χ0) is 13.2. The Morgan fingerprint density at radius 1 is 1.26 bits per heavy atom. The smallest absolute Gasteiger partial charge is 0.223 e. The van der Waals surface area contributed by atoms with E-state index in [0.717, 1.165) is 18.7 Å². The molecule has 3 nitrogen and oxygen atoms in total. The van der Waals surface area contributed by atoms with E-state index in [-0.39, 0.29) is 18.3 Å². The minimum absolute atomic E-state index is 0. The molecule has 0 saturated carbocycles. The molecule has 108 valence electrons. The molecule has 1 aromatic rings. The number of hydrogen-bond acceptors (Lipinski definition) is 3. The lowest BCUT2D eigenvalue weighted by Crippen LogP contribution is -2.37. The summed E-state index contributed by atoms with van der Waals surface area (Å²) >= 11 is 1.70. The highest BCUT2D eigenvalue weighted by molar-refractivity contribution is 7.98. The lowest BCUT2D eigenvalue weighted by molar-refractivity contribution is -0.130. The van der Waals surface area contributed by atoms with Gasteiger partial charge in [-0.25, -0.2) is 0 Å². The summed E-state index contributed by atoms with van der Waals surface area (Å²) in [5.74, 6) is 1.09. The fourth-order valence-electron chi connectivity index (χ4n) is 1.77. The molecule has 0 aromatic heterocycles. The molecule has 1 aromatic carbocycles. The van der Waals surface area contributed by atoms with Crippen molar-refractivity contribution in [3.05, 3.63) is 35.9 Å². The highest BCUT2D eigenvalue weighted by atomic mass is 35.5. The molecule has 1 amide bonds. The summed E-state index contributed by atoms with van der Waals surface area (Å²) in [6.45, 7) is 1.94. The summed E-state index contributed by atoms with van der Waals surface area (Å²) in [4.78, 5) is 13.8. The first kappa shape index (κ1) is 18.3. The van der Waals surface area contributed by atoms with Gasteiger partial charge in [0.2, 0.25) is 5.91 Å². The lowest BCUT2D eigenvalue weighted by Gasteiger charge is -2.22. The van der Waals surface area contributed by atoms with E-state index < -0.39 is 0 Å². The topological polar surface area (TPSA) is 46.3 Å². The summed E-state index contributed by atoms with van der Waals surface area (Å²) in [5.41, 5.74) is 6.83. The first-order chi connectivity index (χ1) is 8.77. The predicted molar refractivity (Wildman–Crippen MR) is 86.0 cm³/mol. The summed E-state index contributed by atoms with van der Waals surface area (Å²) < 4.78 is 0. The molecule has 0 unspecified atom stereocenters. The summed E-state index contributed by atoms with van der Waals surface area (Å²) in [7, 11) is 0. The van der Waals surface area contributed by atoms with Crippen LogP contribution in [0, 0.1) is 0 Å². The van der Waals surface area contributed by atoms with E-state index >= 15 is 0 Å². The molecular formula is C14H23ClN2OS. The van der Waals surface area contributed by atoms with Crippen LogP contribution in [0.2, 0.25) is 0 Å². The molecule has 0 bridgehead atoms. The largest absolute Gasteiger partial charge is 0.341 e. The van der Waals surface area contributed by atoms with Crippen LogP contribution in [0.15, 0.2) is 30.3 Å². The number of amides is 1. The molecule has 2 N–H and O–H groups in total. The van der Waals surface area contributed by atoms with Gasteiger partial charge in [-0.15, -0.1) is 12.4 Å². The van der Waals surface area contributed by atoms with Gasteiger partial charge >= 0.3 is 0 Å². The number of nitrogens with zero attached hydrogens (tertiary/aromatic N) is 1. The number of rotatable bonds is 8. The highest BCUT2D eigenvalue weighted by Gasteiger charge is 2.11. The Labute approximate surface area is 126 Å². The molecule has 0 spiro atoms. The minimum Gasteiger partial charge on any atom is -0.341 e. The van der Waals surface area contributed by atoms with E-state index in [2.05, 4.69) is 12.1 Å². The molecular weight excluding hydrogens is 280 g/mol. The van der Waals surface area contributed by atoms with Crippen LogP contribution < -0.4 is 5.73 Å². The van der Waals surface area contributed by atoms with Crippen molar-refractivity contribution in [1.29, 1.82) is 0 Å². The number of carbonyl (C=O) groups excluding carboxylic acids is 1. The number of thioether (sulfide) groups is 1. The standard InChI is InChI=1S/C14H22N2OS.ClH/c1-18-12-8-14(17)16(11-9-15)10-7-13-5-3-2-4-6-13;/h2-6H,7-12,15H2,1H3;1H. The van der Waals surface area contributed by atoms with Crippen LogP contribution in [-0.2, 0) is 11.2 Å². The van der Waals surface area contributed by atoms with Gasteiger partial charge in [0.15, 0.2) is 0 Å². The Kier molecular flexibility index (Phi) is 10.7. The number of halogens is 1. The van der Waals surface area contributed by atoms with Crippen LogP contribution in [0.4, 0.5) is 0 Å². The van der Waals surface area contributed by atoms with Gasteiger partial charge in [-0.3, -0.25) is 4.79 Å². The normalized spacial score (nSPS) is 9.79. The molecule has 0 aliphatic rings. The third kappa shape index (κ3) is 7.45. The van der Waals surface area contributed by atoms with Crippen LogP contribution in [-0.4, -0.2) is 42.4 Å². The van der Waals surface area contributed by atoms with Gasteiger partial charge in [-0.2, -0.15) is 11.8 Å². The van der Waals surface area contributed by atoms with Crippen molar-refractivity contribution >= 4 is 30.1 Å². The number of carbonyl (C=O) groups is 1. The monoisotopic (exact) mass is 302 g/mol. The van der Waals surface area contributed by atoms with Gasteiger partial charge in [0, 0.05) is 31.8 Å². The predicted octanol–water partition coefficient (Wildman–Crippen LogP) is 2.19. The molecule has 0 heterocycles. The zero-order valence-corrected chi connectivity index (χ0v) is 13.0. The highest BCUT2D eigenvalue weighted by Crippen LogP contribution is 2.04. The van der Waals surface area contributed by atoms with Gasteiger partial charge in [-0.05, 0) is 18.2 Å². The molecule has 19 heavy (non-hydrogen) atoms. The molecule has 5 heteroatoms. The molecule has 0 saturated heterocycles. The quantitative estimate of drug-likeness (QED) is 0.801. The second-order valence-corrected chi connectivity index (χ2v) is 5.13. The van der Waals surface area contributed by atoms with Crippen molar-refractivity contribution in [2.24, 2.45) is 5.73 Å². The Morgan fingerprint density at radius 2 is 1.95 bits per heavy atom. The van der Waals surface area contributed by atoms with Gasteiger partial charge in [-0.1, -0.05) is 30.3 Å². The maximum Gasteiger partial charge on any atom is 0.223 e. The molecule has 0 aliphatic carbocycles. The second-order valence-electron chi connectivity index (χ2n) is 4.15. The van der Waals surface area contributed by atoms with Crippen LogP contribution in [0.25, 0.3) is 0 Å². The van der Waals surface area contributed by atoms with E-state index in [1.807, 2.05) is 29.4 Å². The van der Waals surface area contributed by atoms with Crippen LogP contribution >= 0.6 is 24.2 Å². The number of benzene rings is 1. The van der Waals surface area contributed by atoms with E-state index in [9.17, 15) is 4.79 Å². The van der Waals surface area contributed by atoms with E-state index in [4.69, 9.17) is 5.73 Å². The third-order valence-corrected chi connectivity index (χ3v) is 3.40. The fraction of sp³-hybridized carbons (Fsp3) is 0.500. The Hall–Kier alpha value is -0.710. The average molecular weight is 303 g/mol.